The van der Waals surface area contributed by atoms with Gasteiger partial charge in [-0.25, -0.2) is 4.39 Å². The molecular formula is C21H23FN2O4. The van der Waals surface area contributed by atoms with Gasteiger partial charge in [-0.05, 0) is 49.7 Å². The molecule has 0 aliphatic rings. The summed E-state index contributed by atoms with van der Waals surface area (Å²) in [6.07, 6.45) is 0.0431. The molecule has 0 fully saturated rings. The monoisotopic (exact) mass is 386 g/mol. The average molecular weight is 386 g/mol. The maximum absolute atomic E-state index is 13.5. The third-order valence-corrected chi connectivity index (χ3v) is 4.20. The molecule has 2 rings (SSSR count). The number of rotatable bonds is 8. The fourth-order valence-electron chi connectivity index (χ4n) is 2.59. The summed E-state index contributed by atoms with van der Waals surface area (Å²) in [5, 5.41) is 5.31. The number of methoxy groups -OCH3 is 1. The lowest BCUT2D eigenvalue weighted by atomic mass is 10.0. The van der Waals surface area contributed by atoms with Crippen LogP contribution in [0.5, 0.6) is 5.75 Å². The van der Waals surface area contributed by atoms with Gasteiger partial charge in [-0.1, -0.05) is 6.07 Å². The maximum Gasteiger partial charge on any atom is 0.251 e. The van der Waals surface area contributed by atoms with E-state index >= 15 is 0 Å². The zero-order valence-corrected chi connectivity index (χ0v) is 16.1. The minimum Gasteiger partial charge on any atom is -0.496 e. The van der Waals surface area contributed by atoms with Crippen molar-refractivity contribution in [3.63, 3.8) is 0 Å². The predicted octanol–water partition coefficient (Wildman–Crippen LogP) is 2.43. The van der Waals surface area contributed by atoms with E-state index in [9.17, 15) is 18.8 Å². The number of carbonyl (C=O) groups excluding carboxylic acids is 3. The molecule has 0 atom stereocenters. The van der Waals surface area contributed by atoms with Gasteiger partial charge in [0.25, 0.3) is 5.91 Å². The smallest absolute Gasteiger partial charge is 0.251 e. The first-order chi connectivity index (χ1) is 13.3. The van der Waals surface area contributed by atoms with Crippen molar-refractivity contribution in [1.29, 1.82) is 0 Å². The second kappa shape index (κ2) is 9.64. The SMILES string of the molecule is COc1ccc(C(C)=O)cc1CC(=O)NCCNC(=O)c1ccc(C)c(F)c1. The molecule has 2 aromatic carbocycles. The van der Waals surface area contributed by atoms with E-state index in [1.54, 1.807) is 31.2 Å². The van der Waals surface area contributed by atoms with Crippen LogP contribution < -0.4 is 15.4 Å². The second-order valence-electron chi connectivity index (χ2n) is 6.33. The number of aryl methyl sites for hydroxylation is 1. The maximum atomic E-state index is 13.5. The molecular weight excluding hydrogens is 363 g/mol. The van der Waals surface area contributed by atoms with Crippen molar-refractivity contribution in [2.45, 2.75) is 20.3 Å². The standard InChI is InChI=1S/C21H23FN2O4/c1-13-4-5-16(11-18(13)22)21(27)24-9-8-23-20(26)12-17-10-15(14(2)25)6-7-19(17)28-3/h4-7,10-11H,8-9,12H2,1-3H3,(H,23,26)(H,24,27). The van der Waals surface area contributed by atoms with E-state index < -0.39 is 11.7 Å². The lowest BCUT2D eigenvalue weighted by molar-refractivity contribution is -0.120. The topological polar surface area (TPSA) is 84.5 Å². The zero-order valence-electron chi connectivity index (χ0n) is 16.1. The molecule has 6 nitrogen and oxygen atoms in total. The van der Waals surface area contributed by atoms with Crippen molar-refractivity contribution < 1.29 is 23.5 Å². The third-order valence-electron chi connectivity index (χ3n) is 4.20. The Hall–Kier alpha value is -3.22. The number of benzene rings is 2. The third kappa shape index (κ3) is 5.64. The lowest BCUT2D eigenvalue weighted by Gasteiger charge is -2.11. The summed E-state index contributed by atoms with van der Waals surface area (Å²) in [6, 6.07) is 9.19. The second-order valence-corrected chi connectivity index (χ2v) is 6.33. The molecule has 0 saturated heterocycles. The zero-order chi connectivity index (χ0) is 20.7. The number of amides is 2. The Labute approximate surface area is 163 Å². The highest BCUT2D eigenvalue weighted by Gasteiger charge is 2.12. The number of Topliss-reactive ketones (excluding diaryl/α,β-unsaturated/α-hetero) is 1. The van der Waals surface area contributed by atoms with Gasteiger partial charge in [-0.15, -0.1) is 0 Å². The Morgan fingerprint density at radius 1 is 1.00 bits per heavy atom. The number of ketones is 1. The molecule has 0 saturated carbocycles. The minimum atomic E-state index is -0.442. The molecule has 7 heteroatoms. The van der Waals surface area contributed by atoms with E-state index in [0.717, 1.165) is 0 Å². The van der Waals surface area contributed by atoms with Crippen LogP contribution in [0.25, 0.3) is 0 Å². The molecule has 0 unspecified atom stereocenters. The molecule has 0 radical (unpaired) electrons. The number of hydrogen-bond donors (Lipinski definition) is 2. The van der Waals surface area contributed by atoms with Gasteiger partial charge in [-0.3, -0.25) is 14.4 Å². The minimum absolute atomic E-state index is 0.0431. The van der Waals surface area contributed by atoms with Crippen molar-refractivity contribution >= 4 is 17.6 Å². The number of hydrogen-bond acceptors (Lipinski definition) is 4. The lowest BCUT2D eigenvalue weighted by Crippen LogP contribution is -2.35. The first kappa shape index (κ1) is 21.1. The summed E-state index contributed by atoms with van der Waals surface area (Å²) in [5.41, 5.74) is 1.79. The van der Waals surface area contributed by atoms with Gasteiger partial charge in [0, 0.05) is 29.8 Å². The molecule has 0 aromatic heterocycles. The van der Waals surface area contributed by atoms with Crippen molar-refractivity contribution in [3.8, 4) is 5.75 Å². The van der Waals surface area contributed by atoms with Crippen LogP contribution in [0.1, 0.15) is 38.8 Å². The fraction of sp³-hybridized carbons (Fsp3) is 0.286. The highest BCUT2D eigenvalue weighted by molar-refractivity contribution is 5.95. The van der Waals surface area contributed by atoms with Crippen molar-refractivity contribution in [3.05, 3.63) is 64.5 Å². The number of halogens is 1. The van der Waals surface area contributed by atoms with Crippen molar-refractivity contribution in [2.24, 2.45) is 0 Å². The molecule has 0 bridgehead atoms. The van der Waals surface area contributed by atoms with Crippen molar-refractivity contribution in [1.82, 2.24) is 10.6 Å². The summed E-state index contributed by atoms with van der Waals surface area (Å²) >= 11 is 0. The Morgan fingerprint density at radius 3 is 2.32 bits per heavy atom. The molecule has 0 aliphatic carbocycles. The molecule has 0 spiro atoms. The Balaban J connectivity index is 1.84. The predicted molar refractivity (Wildman–Crippen MR) is 103 cm³/mol. The Bertz CT molecular complexity index is 896. The Morgan fingerprint density at radius 2 is 1.68 bits per heavy atom. The van der Waals surface area contributed by atoms with Gasteiger partial charge in [0.2, 0.25) is 5.91 Å². The van der Waals surface area contributed by atoms with Gasteiger partial charge in [0.15, 0.2) is 5.78 Å². The molecule has 0 aliphatic heterocycles. The summed E-state index contributed by atoms with van der Waals surface area (Å²) in [4.78, 5) is 35.6. The summed E-state index contributed by atoms with van der Waals surface area (Å²) < 4.78 is 18.7. The van der Waals surface area contributed by atoms with Gasteiger partial charge in [0.1, 0.15) is 11.6 Å². The molecule has 28 heavy (non-hydrogen) atoms. The van der Waals surface area contributed by atoms with Gasteiger partial charge in [-0.2, -0.15) is 0 Å². The van der Waals surface area contributed by atoms with E-state index in [1.807, 2.05) is 0 Å². The van der Waals surface area contributed by atoms with Crippen LogP contribution in [0.2, 0.25) is 0 Å². The summed E-state index contributed by atoms with van der Waals surface area (Å²) in [5.74, 6) is -0.698. The first-order valence-electron chi connectivity index (χ1n) is 8.80. The Kier molecular flexibility index (Phi) is 7.26. The quantitative estimate of drug-likeness (QED) is 0.539. The highest BCUT2D eigenvalue weighted by Crippen LogP contribution is 2.20. The van der Waals surface area contributed by atoms with Crippen LogP contribution in [0, 0.1) is 12.7 Å². The molecule has 2 aromatic rings. The van der Waals surface area contributed by atoms with Crippen LogP contribution in [-0.2, 0) is 11.2 Å². The van der Waals surface area contributed by atoms with Crippen LogP contribution in [0.3, 0.4) is 0 Å². The van der Waals surface area contributed by atoms with E-state index in [-0.39, 0.29) is 36.8 Å². The van der Waals surface area contributed by atoms with Gasteiger partial charge >= 0.3 is 0 Å². The number of carbonyl (C=O) groups is 3. The summed E-state index contributed by atoms with van der Waals surface area (Å²) in [7, 11) is 1.49. The molecule has 2 N–H and O–H groups in total. The normalized spacial score (nSPS) is 10.3. The van der Waals surface area contributed by atoms with E-state index in [2.05, 4.69) is 10.6 Å². The molecule has 148 valence electrons. The van der Waals surface area contributed by atoms with Crippen molar-refractivity contribution in [2.75, 3.05) is 20.2 Å². The van der Waals surface area contributed by atoms with E-state index in [4.69, 9.17) is 4.74 Å². The molecule has 2 amide bonds. The van der Waals surface area contributed by atoms with Crippen LogP contribution in [0.4, 0.5) is 4.39 Å². The number of ether oxygens (including phenoxy) is 1. The number of nitrogens with one attached hydrogen (secondary N) is 2. The van der Waals surface area contributed by atoms with Crippen LogP contribution in [0.15, 0.2) is 36.4 Å². The van der Waals surface area contributed by atoms with E-state index in [0.29, 0.717) is 22.4 Å². The van der Waals surface area contributed by atoms with E-state index in [1.165, 1.54) is 26.2 Å². The van der Waals surface area contributed by atoms with Crippen LogP contribution in [-0.4, -0.2) is 37.8 Å². The van der Waals surface area contributed by atoms with Gasteiger partial charge in [0.05, 0.1) is 13.5 Å². The first-order valence-corrected chi connectivity index (χ1v) is 8.80. The largest absolute Gasteiger partial charge is 0.496 e. The average Bonchev–Trinajstić information content (AvgIpc) is 2.67. The van der Waals surface area contributed by atoms with Crippen LogP contribution >= 0.6 is 0 Å². The fourth-order valence-corrected chi connectivity index (χ4v) is 2.59. The van der Waals surface area contributed by atoms with Gasteiger partial charge < -0.3 is 15.4 Å². The summed E-state index contributed by atoms with van der Waals surface area (Å²) in [6.45, 7) is 3.49. The highest BCUT2D eigenvalue weighted by atomic mass is 19.1. The molecule has 0 heterocycles.